The molecule has 0 aliphatic carbocycles. The summed E-state index contributed by atoms with van der Waals surface area (Å²) in [5.41, 5.74) is 1.58. The molecule has 2 aromatic rings. The number of hydrogen-bond donors (Lipinski definition) is 0. The minimum absolute atomic E-state index is 0.206. The van der Waals surface area contributed by atoms with Gasteiger partial charge in [-0.2, -0.15) is 0 Å². The molecule has 1 aromatic heterocycles. The van der Waals surface area contributed by atoms with Gasteiger partial charge in [0.2, 0.25) is 5.76 Å². The molecule has 0 bridgehead atoms. The van der Waals surface area contributed by atoms with Gasteiger partial charge >= 0.3 is 5.97 Å². The standard InChI is InChI=1S/C13H12O4/c1-15-10-5-3-9(4-6-10)11-7-8-17-12(11)13(14)16-2/h3-8H,1-2H3. The molecule has 4 heteroatoms. The van der Waals surface area contributed by atoms with Crippen LogP contribution in [0.5, 0.6) is 5.75 Å². The minimum Gasteiger partial charge on any atom is -0.497 e. The van der Waals surface area contributed by atoms with Crippen LogP contribution in [0.25, 0.3) is 11.1 Å². The molecule has 0 saturated heterocycles. The molecular formula is C13H12O4. The van der Waals surface area contributed by atoms with Crippen LogP contribution in [0.2, 0.25) is 0 Å². The molecule has 0 spiro atoms. The van der Waals surface area contributed by atoms with E-state index in [-0.39, 0.29) is 5.76 Å². The normalized spacial score (nSPS) is 10.0. The molecule has 0 aliphatic heterocycles. The highest BCUT2D eigenvalue weighted by molar-refractivity contribution is 5.94. The lowest BCUT2D eigenvalue weighted by molar-refractivity contribution is 0.0566. The van der Waals surface area contributed by atoms with E-state index in [2.05, 4.69) is 4.74 Å². The lowest BCUT2D eigenvalue weighted by Gasteiger charge is -2.03. The zero-order valence-corrected chi connectivity index (χ0v) is 9.60. The van der Waals surface area contributed by atoms with Crippen molar-refractivity contribution in [1.82, 2.24) is 0 Å². The van der Waals surface area contributed by atoms with Gasteiger partial charge in [-0.3, -0.25) is 0 Å². The zero-order chi connectivity index (χ0) is 12.3. The molecule has 4 nitrogen and oxygen atoms in total. The molecule has 17 heavy (non-hydrogen) atoms. The summed E-state index contributed by atoms with van der Waals surface area (Å²) in [6.45, 7) is 0. The van der Waals surface area contributed by atoms with Gasteiger partial charge in [-0.1, -0.05) is 12.1 Å². The average Bonchev–Trinajstić information content (AvgIpc) is 2.87. The summed E-state index contributed by atoms with van der Waals surface area (Å²) in [6, 6.07) is 9.09. The van der Waals surface area contributed by atoms with Gasteiger partial charge < -0.3 is 13.9 Å². The highest BCUT2D eigenvalue weighted by atomic mass is 16.5. The first kappa shape index (κ1) is 11.3. The lowest BCUT2D eigenvalue weighted by atomic mass is 10.1. The van der Waals surface area contributed by atoms with Gasteiger partial charge in [-0.15, -0.1) is 0 Å². The van der Waals surface area contributed by atoms with Gasteiger partial charge in [0.1, 0.15) is 5.75 Å². The summed E-state index contributed by atoms with van der Waals surface area (Å²) in [4.78, 5) is 11.5. The van der Waals surface area contributed by atoms with Crippen LogP contribution in [0.4, 0.5) is 0 Å². The predicted octanol–water partition coefficient (Wildman–Crippen LogP) is 2.74. The maximum Gasteiger partial charge on any atom is 0.374 e. The van der Waals surface area contributed by atoms with Gasteiger partial charge in [-0.05, 0) is 23.8 Å². The predicted molar refractivity (Wildman–Crippen MR) is 62.0 cm³/mol. The third-order valence-corrected chi connectivity index (χ3v) is 2.44. The second-order valence-corrected chi connectivity index (χ2v) is 3.38. The lowest BCUT2D eigenvalue weighted by Crippen LogP contribution is -2.00. The number of esters is 1. The Kier molecular flexibility index (Phi) is 3.14. The second kappa shape index (κ2) is 4.74. The molecule has 0 radical (unpaired) electrons. The molecule has 0 aliphatic rings. The smallest absolute Gasteiger partial charge is 0.374 e. The van der Waals surface area contributed by atoms with Crippen molar-refractivity contribution in [2.45, 2.75) is 0 Å². The minimum atomic E-state index is -0.485. The highest BCUT2D eigenvalue weighted by Crippen LogP contribution is 2.27. The summed E-state index contributed by atoms with van der Waals surface area (Å²) < 4.78 is 14.8. The van der Waals surface area contributed by atoms with E-state index in [4.69, 9.17) is 9.15 Å². The topological polar surface area (TPSA) is 48.7 Å². The quantitative estimate of drug-likeness (QED) is 0.763. The molecule has 0 atom stereocenters. The van der Waals surface area contributed by atoms with Crippen molar-refractivity contribution in [2.24, 2.45) is 0 Å². The number of carbonyl (C=O) groups excluding carboxylic acids is 1. The summed E-state index contributed by atoms with van der Waals surface area (Å²) in [5.74, 6) is 0.482. The van der Waals surface area contributed by atoms with E-state index < -0.39 is 5.97 Å². The van der Waals surface area contributed by atoms with E-state index in [9.17, 15) is 4.79 Å². The highest BCUT2D eigenvalue weighted by Gasteiger charge is 2.16. The van der Waals surface area contributed by atoms with Crippen LogP contribution < -0.4 is 4.74 Å². The van der Waals surface area contributed by atoms with Crippen LogP contribution in [0, 0.1) is 0 Å². The molecule has 0 saturated carbocycles. The van der Waals surface area contributed by atoms with E-state index in [1.165, 1.54) is 13.4 Å². The summed E-state index contributed by atoms with van der Waals surface area (Å²) in [6.07, 6.45) is 1.46. The SMILES string of the molecule is COC(=O)c1occc1-c1ccc(OC)cc1. The number of furan rings is 1. The van der Waals surface area contributed by atoms with Crippen molar-refractivity contribution >= 4 is 5.97 Å². The number of rotatable bonds is 3. The third-order valence-electron chi connectivity index (χ3n) is 2.44. The Labute approximate surface area is 98.8 Å². The molecule has 0 N–H and O–H groups in total. The molecule has 2 rings (SSSR count). The van der Waals surface area contributed by atoms with Crippen molar-refractivity contribution in [3.05, 3.63) is 42.4 Å². The Morgan fingerprint density at radius 2 is 1.82 bits per heavy atom. The van der Waals surface area contributed by atoms with E-state index in [0.29, 0.717) is 5.56 Å². The molecule has 0 fully saturated rings. The Bertz CT molecular complexity index is 510. The third kappa shape index (κ3) is 2.15. The Morgan fingerprint density at radius 3 is 2.41 bits per heavy atom. The molecular weight excluding hydrogens is 220 g/mol. The van der Waals surface area contributed by atoms with Crippen molar-refractivity contribution in [1.29, 1.82) is 0 Å². The van der Waals surface area contributed by atoms with Crippen LogP contribution in [0.15, 0.2) is 41.0 Å². The molecule has 88 valence electrons. The fourth-order valence-electron chi connectivity index (χ4n) is 1.56. The number of ether oxygens (including phenoxy) is 2. The first-order valence-corrected chi connectivity index (χ1v) is 5.06. The van der Waals surface area contributed by atoms with E-state index in [1.807, 2.05) is 24.3 Å². The van der Waals surface area contributed by atoms with Gasteiger partial charge in [0.25, 0.3) is 0 Å². The van der Waals surface area contributed by atoms with E-state index >= 15 is 0 Å². The summed E-state index contributed by atoms with van der Waals surface area (Å²) in [7, 11) is 2.93. The molecule has 0 unspecified atom stereocenters. The van der Waals surface area contributed by atoms with Crippen LogP contribution in [0.1, 0.15) is 10.6 Å². The summed E-state index contributed by atoms with van der Waals surface area (Å²) in [5, 5.41) is 0. The maximum absolute atomic E-state index is 11.5. The number of hydrogen-bond acceptors (Lipinski definition) is 4. The monoisotopic (exact) mass is 232 g/mol. The van der Waals surface area contributed by atoms with Gasteiger partial charge in [-0.25, -0.2) is 4.79 Å². The van der Waals surface area contributed by atoms with Gasteiger partial charge in [0.15, 0.2) is 0 Å². The van der Waals surface area contributed by atoms with Crippen LogP contribution >= 0.6 is 0 Å². The number of carbonyl (C=O) groups is 1. The van der Waals surface area contributed by atoms with E-state index in [0.717, 1.165) is 11.3 Å². The Hall–Kier alpha value is -2.23. The average molecular weight is 232 g/mol. The Balaban J connectivity index is 2.39. The van der Waals surface area contributed by atoms with Crippen LogP contribution in [-0.4, -0.2) is 20.2 Å². The van der Waals surface area contributed by atoms with Gasteiger partial charge in [0, 0.05) is 5.56 Å². The fraction of sp³-hybridized carbons (Fsp3) is 0.154. The van der Waals surface area contributed by atoms with Crippen molar-refractivity contribution < 1.29 is 18.7 Å². The van der Waals surface area contributed by atoms with Crippen LogP contribution in [0.3, 0.4) is 0 Å². The molecule has 1 aromatic carbocycles. The molecule has 0 amide bonds. The van der Waals surface area contributed by atoms with Crippen molar-refractivity contribution in [3.8, 4) is 16.9 Å². The molecule has 1 heterocycles. The zero-order valence-electron chi connectivity index (χ0n) is 9.60. The van der Waals surface area contributed by atoms with Gasteiger partial charge in [0.05, 0.1) is 20.5 Å². The number of methoxy groups -OCH3 is 2. The maximum atomic E-state index is 11.5. The Morgan fingerprint density at radius 1 is 1.12 bits per heavy atom. The van der Waals surface area contributed by atoms with Crippen LogP contribution in [-0.2, 0) is 4.74 Å². The first-order chi connectivity index (χ1) is 8.26. The van der Waals surface area contributed by atoms with Crippen molar-refractivity contribution in [3.63, 3.8) is 0 Å². The largest absolute Gasteiger partial charge is 0.497 e. The van der Waals surface area contributed by atoms with Crippen molar-refractivity contribution in [2.75, 3.05) is 14.2 Å². The van der Waals surface area contributed by atoms with E-state index in [1.54, 1.807) is 13.2 Å². The summed E-state index contributed by atoms with van der Waals surface area (Å²) >= 11 is 0. The number of benzene rings is 1. The fourth-order valence-corrected chi connectivity index (χ4v) is 1.56. The first-order valence-electron chi connectivity index (χ1n) is 5.06. The second-order valence-electron chi connectivity index (χ2n) is 3.38.